The number of nitrogens with zero attached hydrogens (tertiary/aromatic N) is 2. The van der Waals surface area contributed by atoms with E-state index >= 15 is 0 Å². The van der Waals surface area contributed by atoms with E-state index in [0.717, 1.165) is 10.7 Å². The number of imidazole rings is 1. The third kappa shape index (κ3) is 2.62. The summed E-state index contributed by atoms with van der Waals surface area (Å²) in [7, 11) is 1.58. The Kier molecular flexibility index (Phi) is 3.16. The van der Waals surface area contributed by atoms with Gasteiger partial charge in [-0.3, -0.25) is 0 Å². The van der Waals surface area contributed by atoms with E-state index in [1.165, 1.54) is 4.57 Å². The van der Waals surface area contributed by atoms with Crippen LogP contribution in [-0.4, -0.2) is 9.55 Å². The van der Waals surface area contributed by atoms with Gasteiger partial charge in [-0.15, -0.1) is 0 Å². The molecule has 0 saturated heterocycles. The largest absolute Gasteiger partial charge is 0.434 e. The molecule has 0 aromatic carbocycles. The average molecular weight is 307 g/mol. The van der Waals surface area contributed by atoms with Crippen LogP contribution in [0.15, 0.2) is 28.9 Å². The van der Waals surface area contributed by atoms with Gasteiger partial charge in [0.1, 0.15) is 5.82 Å². The molecule has 0 fully saturated rings. The highest BCUT2D eigenvalue weighted by molar-refractivity contribution is 9.11. The molecule has 1 heterocycles. The Labute approximate surface area is 105 Å². The molecule has 0 amide bonds. The van der Waals surface area contributed by atoms with E-state index in [-0.39, 0.29) is 5.92 Å². The van der Waals surface area contributed by atoms with E-state index in [1.807, 2.05) is 18.2 Å². The highest BCUT2D eigenvalue weighted by Gasteiger charge is 2.35. The van der Waals surface area contributed by atoms with Crippen molar-refractivity contribution in [3.05, 3.63) is 40.4 Å². The Bertz CT molecular complexity index is 485. The topological polar surface area (TPSA) is 17.8 Å². The van der Waals surface area contributed by atoms with E-state index in [4.69, 9.17) is 0 Å². The van der Waals surface area contributed by atoms with Crippen LogP contribution in [0.5, 0.6) is 0 Å². The highest BCUT2D eigenvalue weighted by atomic mass is 79.9. The Hall–Kier alpha value is -1.04. The van der Waals surface area contributed by atoms with Crippen molar-refractivity contribution in [3.63, 3.8) is 0 Å². The summed E-state index contributed by atoms with van der Waals surface area (Å²) in [5.74, 6) is 0.335. The molecule has 2 nitrogen and oxygen atoms in total. The van der Waals surface area contributed by atoms with E-state index in [0.29, 0.717) is 12.2 Å². The van der Waals surface area contributed by atoms with Gasteiger partial charge < -0.3 is 4.57 Å². The maximum Gasteiger partial charge on any atom is 0.434 e. The number of hydrogen-bond acceptors (Lipinski definition) is 1. The van der Waals surface area contributed by atoms with Crippen LogP contribution >= 0.6 is 15.9 Å². The van der Waals surface area contributed by atoms with Gasteiger partial charge in [-0.25, -0.2) is 4.98 Å². The second-order valence-corrected chi connectivity index (χ2v) is 4.80. The molecule has 6 heteroatoms. The minimum Gasteiger partial charge on any atom is -0.337 e. The molecule has 2 rings (SSSR count). The van der Waals surface area contributed by atoms with Crippen LogP contribution in [0.3, 0.4) is 0 Å². The van der Waals surface area contributed by atoms with E-state index in [1.54, 1.807) is 7.05 Å². The summed E-state index contributed by atoms with van der Waals surface area (Å²) in [6.07, 6.45) is 2.90. The molecule has 1 unspecified atom stereocenters. The summed E-state index contributed by atoms with van der Waals surface area (Å²) in [5, 5.41) is 0. The molecule has 1 aliphatic carbocycles. The molecule has 0 spiro atoms. The van der Waals surface area contributed by atoms with E-state index in [2.05, 4.69) is 20.9 Å². The van der Waals surface area contributed by atoms with Crippen molar-refractivity contribution in [2.75, 3.05) is 0 Å². The first-order valence-electron chi connectivity index (χ1n) is 5.02. The lowest BCUT2D eigenvalue weighted by atomic mass is 10.0. The molecular formula is C11H10BrF3N2. The van der Waals surface area contributed by atoms with Crippen molar-refractivity contribution in [3.8, 4) is 0 Å². The summed E-state index contributed by atoms with van der Waals surface area (Å²) in [5.41, 5.74) is -0.836. The van der Waals surface area contributed by atoms with E-state index < -0.39 is 11.9 Å². The van der Waals surface area contributed by atoms with Crippen molar-refractivity contribution in [1.82, 2.24) is 9.55 Å². The van der Waals surface area contributed by atoms with Crippen LogP contribution < -0.4 is 0 Å². The van der Waals surface area contributed by atoms with Crippen LogP contribution in [0.25, 0.3) is 0 Å². The molecule has 1 atom stereocenters. The number of alkyl halides is 3. The first-order valence-corrected chi connectivity index (χ1v) is 5.81. The Morgan fingerprint density at radius 3 is 2.65 bits per heavy atom. The zero-order valence-corrected chi connectivity index (χ0v) is 10.6. The summed E-state index contributed by atoms with van der Waals surface area (Å²) in [6.45, 7) is 0. The molecule has 1 aliphatic rings. The van der Waals surface area contributed by atoms with Crippen LogP contribution in [0.2, 0.25) is 0 Å². The average Bonchev–Trinajstić information content (AvgIpc) is 2.61. The molecule has 0 aliphatic heterocycles. The smallest absolute Gasteiger partial charge is 0.337 e. The highest BCUT2D eigenvalue weighted by Crippen LogP contribution is 2.32. The van der Waals surface area contributed by atoms with Gasteiger partial charge in [0.05, 0.1) is 0 Å². The lowest BCUT2D eigenvalue weighted by Gasteiger charge is -2.13. The molecule has 1 aromatic heterocycles. The first kappa shape index (κ1) is 12.4. The number of rotatable bonds is 1. The Morgan fingerprint density at radius 2 is 2.18 bits per heavy atom. The normalized spacial score (nSPS) is 20.5. The first-order chi connectivity index (χ1) is 7.88. The second-order valence-electron chi connectivity index (χ2n) is 3.88. The van der Waals surface area contributed by atoms with Crippen LogP contribution in [0.1, 0.15) is 23.9 Å². The molecule has 0 bridgehead atoms. The lowest BCUT2D eigenvalue weighted by Crippen LogP contribution is -2.07. The van der Waals surface area contributed by atoms with Crippen LogP contribution in [-0.2, 0) is 13.2 Å². The quantitative estimate of drug-likeness (QED) is 0.772. The predicted molar refractivity (Wildman–Crippen MR) is 61.7 cm³/mol. The monoisotopic (exact) mass is 306 g/mol. The molecule has 0 saturated carbocycles. The van der Waals surface area contributed by atoms with Gasteiger partial charge in [-0.1, -0.05) is 34.2 Å². The Balaban J connectivity index is 2.29. The third-order valence-electron chi connectivity index (χ3n) is 2.59. The molecular weight excluding hydrogens is 297 g/mol. The lowest BCUT2D eigenvalue weighted by molar-refractivity contribution is -0.141. The summed E-state index contributed by atoms with van der Waals surface area (Å²) >= 11 is 3.31. The van der Waals surface area contributed by atoms with Gasteiger partial charge in [0.15, 0.2) is 5.69 Å². The zero-order chi connectivity index (χ0) is 12.6. The van der Waals surface area contributed by atoms with Gasteiger partial charge in [0.25, 0.3) is 0 Å². The molecule has 17 heavy (non-hydrogen) atoms. The number of allylic oxidation sites excluding steroid dienone is 4. The minimum atomic E-state index is -4.38. The SMILES string of the molecule is Cn1cc(C(F)(F)F)nc1C1C=CC(Br)=CC1. The molecule has 92 valence electrons. The zero-order valence-electron chi connectivity index (χ0n) is 9.00. The Morgan fingerprint density at radius 1 is 1.47 bits per heavy atom. The number of aryl methyl sites for hydroxylation is 1. The van der Waals surface area contributed by atoms with Gasteiger partial charge in [-0.2, -0.15) is 13.2 Å². The number of halogens is 4. The molecule has 1 aromatic rings. The van der Waals surface area contributed by atoms with Gasteiger partial charge >= 0.3 is 6.18 Å². The summed E-state index contributed by atoms with van der Waals surface area (Å²) in [4.78, 5) is 3.67. The maximum atomic E-state index is 12.5. The number of hydrogen-bond donors (Lipinski definition) is 0. The fourth-order valence-electron chi connectivity index (χ4n) is 1.75. The van der Waals surface area contributed by atoms with Crippen LogP contribution in [0.4, 0.5) is 13.2 Å². The van der Waals surface area contributed by atoms with Crippen molar-refractivity contribution in [2.24, 2.45) is 7.05 Å². The van der Waals surface area contributed by atoms with E-state index in [9.17, 15) is 13.2 Å². The predicted octanol–water partition coefficient (Wildman–Crippen LogP) is 3.76. The molecule has 0 radical (unpaired) electrons. The minimum absolute atomic E-state index is 0.0996. The van der Waals surface area contributed by atoms with Crippen molar-refractivity contribution in [2.45, 2.75) is 18.5 Å². The maximum absolute atomic E-state index is 12.5. The summed E-state index contributed by atoms with van der Waals surface area (Å²) in [6, 6.07) is 0. The summed E-state index contributed by atoms with van der Waals surface area (Å²) < 4.78 is 39.9. The van der Waals surface area contributed by atoms with Gasteiger partial charge in [0, 0.05) is 23.6 Å². The van der Waals surface area contributed by atoms with Crippen LogP contribution in [0, 0.1) is 0 Å². The number of aromatic nitrogens is 2. The standard InChI is InChI=1S/C11H10BrF3N2/c1-17-6-9(11(13,14)15)16-10(17)7-2-4-8(12)5-3-7/h2,4-7H,3H2,1H3. The van der Waals surface area contributed by atoms with Crippen molar-refractivity contribution in [1.29, 1.82) is 0 Å². The molecule has 0 N–H and O–H groups in total. The van der Waals surface area contributed by atoms with Gasteiger partial charge in [-0.05, 0) is 6.42 Å². The third-order valence-corrected chi connectivity index (χ3v) is 3.18. The fourth-order valence-corrected chi connectivity index (χ4v) is 2.09. The van der Waals surface area contributed by atoms with Crippen molar-refractivity contribution >= 4 is 15.9 Å². The van der Waals surface area contributed by atoms with Gasteiger partial charge in [0.2, 0.25) is 0 Å². The van der Waals surface area contributed by atoms with Crippen molar-refractivity contribution < 1.29 is 13.2 Å². The second kappa shape index (κ2) is 4.33. The fraction of sp³-hybridized carbons (Fsp3) is 0.364.